The number of imidazole rings is 1. The van der Waals surface area contributed by atoms with Gasteiger partial charge < -0.3 is 10.3 Å². The van der Waals surface area contributed by atoms with Crippen molar-refractivity contribution >= 4 is 32.1 Å². The van der Waals surface area contributed by atoms with Crippen LogP contribution in [0.4, 0.5) is 0 Å². The summed E-state index contributed by atoms with van der Waals surface area (Å²) >= 11 is 3.59. The number of nitrogens with zero attached hydrogens (tertiary/aromatic N) is 2. The molecule has 3 aromatic rings. The third-order valence-corrected chi connectivity index (χ3v) is 5.35. The zero-order chi connectivity index (χ0) is 12.5. The summed E-state index contributed by atoms with van der Waals surface area (Å²) in [7, 11) is 2.02. The Hall–Kier alpha value is -1.17. The van der Waals surface area contributed by atoms with Gasteiger partial charge in [0.25, 0.3) is 0 Å². The lowest BCUT2D eigenvalue weighted by molar-refractivity contribution is 0.629. The molecule has 1 unspecified atom stereocenters. The monoisotopic (exact) mass is 277 g/mol. The number of aromatic nitrogens is 2. The minimum atomic E-state index is 0.117. The summed E-state index contributed by atoms with van der Waals surface area (Å²) in [5, 5.41) is 2.13. The summed E-state index contributed by atoms with van der Waals surface area (Å²) in [5.41, 5.74) is 6.26. The maximum Gasteiger partial charge on any atom is 0.108 e. The molecule has 0 saturated carbocycles. The summed E-state index contributed by atoms with van der Waals surface area (Å²) in [6.45, 7) is 0. The van der Waals surface area contributed by atoms with Gasteiger partial charge in [0, 0.05) is 46.2 Å². The fourth-order valence-corrected chi connectivity index (χ4v) is 4.19. The fourth-order valence-electron chi connectivity index (χ4n) is 2.03. The van der Waals surface area contributed by atoms with E-state index < -0.39 is 0 Å². The number of nitrogens with two attached hydrogens (primary N) is 1. The summed E-state index contributed by atoms with van der Waals surface area (Å²) in [6.07, 6.45) is 5.68. The van der Waals surface area contributed by atoms with Gasteiger partial charge in [-0.25, -0.2) is 4.98 Å². The second kappa shape index (κ2) is 4.84. The first kappa shape index (κ1) is 11.9. The van der Waals surface area contributed by atoms with Crippen molar-refractivity contribution in [3.05, 3.63) is 40.6 Å². The number of rotatable bonds is 4. The minimum absolute atomic E-state index is 0.117. The maximum absolute atomic E-state index is 6.26. The average molecular weight is 277 g/mol. The predicted octanol–water partition coefficient (Wildman–Crippen LogP) is 3.33. The van der Waals surface area contributed by atoms with E-state index in [1.54, 1.807) is 11.3 Å². The van der Waals surface area contributed by atoms with Crippen LogP contribution in [0.3, 0.4) is 0 Å². The van der Waals surface area contributed by atoms with Gasteiger partial charge in [-0.15, -0.1) is 22.7 Å². The highest BCUT2D eigenvalue weighted by Crippen LogP contribution is 2.33. The molecule has 3 aromatic heterocycles. The number of hydrogen-bond acceptors (Lipinski definition) is 4. The van der Waals surface area contributed by atoms with E-state index in [9.17, 15) is 0 Å². The molecule has 3 rings (SSSR count). The largest absolute Gasteiger partial charge is 0.338 e. The highest BCUT2D eigenvalue weighted by molar-refractivity contribution is 7.26. The van der Waals surface area contributed by atoms with E-state index in [2.05, 4.69) is 27.1 Å². The van der Waals surface area contributed by atoms with Crippen molar-refractivity contribution in [2.45, 2.75) is 18.9 Å². The third kappa shape index (κ3) is 2.21. The van der Waals surface area contributed by atoms with E-state index in [-0.39, 0.29) is 6.04 Å². The molecule has 0 bridgehead atoms. The summed E-state index contributed by atoms with van der Waals surface area (Å²) in [5.74, 6) is 1.10. The molecule has 0 aliphatic carbocycles. The van der Waals surface area contributed by atoms with E-state index in [1.807, 2.05) is 30.8 Å². The molecule has 5 heteroatoms. The van der Waals surface area contributed by atoms with Gasteiger partial charge in [-0.05, 0) is 23.9 Å². The predicted molar refractivity (Wildman–Crippen MR) is 78.2 cm³/mol. The molecular weight excluding hydrogens is 262 g/mol. The van der Waals surface area contributed by atoms with Gasteiger partial charge >= 0.3 is 0 Å². The Bertz CT molecular complexity index is 621. The van der Waals surface area contributed by atoms with E-state index in [0.717, 1.165) is 18.7 Å². The van der Waals surface area contributed by atoms with Crippen molar-refractivity contribution in [2.75, 3.05) is 0 Å². The summed E-state index contributed by atoms with van der Waals surface area (Å²) < 4.78 is 4.75. The van der Waals surface area contributed by atoms with Gasteiger partial charge in [0.1, 0.15) is 5.82 Å². The number of fused-ring (bicyclic) bond motifs is 1. The van der Waals surface area contributed by atoms with Crippen LogP contribution in [0.2, 0.25) is 0 Å². The Kier molecular flexibility index (Phi) is 3.20. The molecule has 0 aliphatic rings. The van der Waals surface area contributed by atoms with Crippen molar-refractivity contribution in [1.82, 2.24) is 9.55 Å². The molecule has 0 radical (unpaired) electrons. The Morgan fingerprint density at radius 2 is 2.33 bits per heavy atom. The van der Waals surface area contributed by atoms with Crippen LogP contribution in [0, 0.1) is 0 Å². The second-order valence-electron chi connectivity index (χ2n) is 4.40. The molecular formula is C13H15N3S2. The van der Waals surface area contributed by atoms with E-state index >= 15 is 0 Å². The van der Waals surface area contributed by atoms with Crippen molar-refractivity contribution in [1.29, 1.82) is 0 Å². The molecule has 3 nitrogen and oxygen atoms in total. The van der Waals surface area contributed by atoms with E-state index in [0.29, 0.717) is 0 Å². The standard InChI is InChI=1S/C13H15N3S2/c1-16-6-5-15-13(16)3-2-9(14)11-8-12-10(18-11)4-7-17-12/h4-9H,2-3,14H2,1H3. The molecule has 18 heavy (non-hydrogen) atoms. The Balaban J connectivity index is 1.69. The number of aryl methyl sites for hydroxylation is 2. The van der Waals surface area contributed by atoms with Gasteiger partial charge in [0.05, 0.1) is 0 Å². The van der Waals surface area contributed by atoms with E-state index in [1.165, 1.54) is 14.3 Å². The molecule has 0 amide bonds. The highest BCUT2D eigenvalue weighted by atomic mass is 32.1. The highest BCUT2D eigenvalue weighted by Gasteiger charge is 2.12. The minimum Gasteiger partial charge on any atom is -0.338 e. The Morgan fingerprint density at radius 3 is 3.06 bits per heavy atom. The lowest BCUT2D eigenvalue weighted by Gasteiger charge is -2.09. The molecule has 0 fully saturated rings. The maximum atomic E-state index is 6.26. The van der Waals surface area contributed by atoms with Crippen molar-refractivity contribution in [3.8, 4) is 0 Å². The zero-order valence-electron chi connectivity index (χ0n) is 10.2. The van der Waals surface area contributed by atoms with Crippen LogP contribution in [0.5, 0.6) is 0 Å². The zero-order valence-corrected chi connectivity index (χ0v) is 11.8. The Morgan fingerprint density at radius 1 is 1.44 bits per heavy atom. The number of thiophene rings is 2. The Labute approximate surface area is 114 Å². The first-order valence-electron chi connectivity index (χ1n) is 5.93. The quantitative estimate of drug-likeness (QED) is 0.795. The summed E-state index contributed by atoms with van der Waals surface area (Å²) in [6, 6.07) is 4.51. The average Bonchev–Trinajstić information content (AvgIpc) is 3.00. The molecule has 0 aliphatic heterocycles. The number of hydrogen-bond donors (Lipinski definition) is 1. The van der Waals surface area contributed by atoms with Crippen LogP contribution in [-0.2, 0) is 13.5 Å². The lowest BCUT2D eigenvalue weighted by Crippen LogP contribution is -2.11. The van der Waals surface area contributed by atoms with Crippen molar-refractivity contribution < 1.29 is 0 Å². The van der Waals surface area contributed by atoms with Gasteiger partial charge in [-0.2, -0.15) is 0 Å². The van der Waals surface area contributed by atoms with Gasteiger partial charge in [-0.1, -0.05) is 0 Å². The first-order valence-corrected chi connectivity index (χ1v) is 7.62. The molecule has 0 spiro atoms. The van der Waals surface area contributed by atoms with Crippen LogP contribution in [-0.4, -0.2) is 9.55 Å². The van der Waals surface area contributed by atoms with Crippen LogP contribution >= 0.6 is 22.7 Å². The van der Waals surface area contributed by atoms with Crippen LogP contribution in [0.15, 0.2) is 29.9 Å². The van der Waals surface area contributed by atoms with Gasteiger partial charge in [0.2, 0.25) is 0 Å². The van der Waals surface area contributed by atoms with E-state index in [4.69, 9.17) is 5.73 Å². The van der Waals surface area contributed by atoms with Gasteiger partial charge in [0.15, 0.2) is 0 Å². The second-order valence-corrected chi connectivity index (χ2v) is 6.46. The molecule has 0 aromatic carbocycles. The fraction of sp³-hybridized carbons (Fsp3) is 0.308. The first-order chi connectivity index (χ1) is 8.74. The van der Waals surface area contributed by atoms with Crippen LogP contribution in [0.25, 0.3) is 9.40 Å². The van der Waals surface area contributed by atoms with Crippen LogP contribution in [0.1, 0.15) is 23.2 Å². The van der Waals surface area contributed by atoms with Crippen LogP contribution < -0.4 is 5.73 Å². The molecule has 2 N–H and O–H groups in total. The molecule has 3 heterocycles. The normalized spacial score (nSPS) is 13.2. The molecule has 1 atom stereocenters. The van der Waals surface area contributed by atoms with Crippen molar-refractivity contribution in [3.63, 3.8) is 0 Å². The van der Waals surface area contributed by atoms with Gasteiger partial charge in [-0.3, -0.25) is 0 Å². The lowest BCUT2D eigenvalue weighted by atomic mass is 10.1. The summed E-state index contributed by atoms with van der Waals surface area (Å²) in [4.78, 5) is 5.61. The molecule has 0 saturated heterocycles. The van der Waals surface area contributed by atoms with Crippen molar-refractivity contribution in [2.24, 2.45) is 12.8 Å². The topological polar surface area (TPSA) is 43.8 Å². The third-order valence-electron chi connectivity index (χ3n) is 3.12. The molecule has 94 valence electrons. The smallest absolute Gasteiger partial charge is 0.108 e. The SMILES string of the molecule is Cn1ccnc1CCC(N)c1cc2sccc2s1.